The van der Waals surface area contributed by atoms with Gasteiger partial charge in [0.2, 0.25) is 0 Å². The van der Waals surface area contributed by atoms with E-state index in [0.29, 0.717) is 6.54 Å². The normalized spacial score (nSPS) is 10.7. The van der Waals surface area contributed by atoms with Crippen LogP contribution in [0, 0.1) is 6.92 Å². The molecule has 0 radical (unpaired) electrons. The Morgan fingerprint density at radius 2 is 1.81 bits per heavy atom. The van der Waals surface area contributed by atoms with Crippen molar-refractivity contribution < 1.29 is 0 Å². The van der Waals surface area contributed by atoms with Crippen LogP contribution in [-0.4, -0.2) is 31.3 Å². The molecule has 2 N–H and O–H groups in total. The highest BCUT2D eigenvalue weighted by atomic mass is 15.3. The molecule has 0 saturated carbocycles. The quantitative estimate of drug-likeness (QED) is 0.810. The Balaban J connectivity index is 2.19. The zero-order valence-electron chi connectivity index (χ0n) is 13.1. The van der Waals surface area contributed by atoms with Crippen molar-refractivity contribution in [2.24, 2.45) is 7.05 Å². The summed E-state index contributed by atoms with van der Waals surface area (Å²) >= 11 is 0. The summed E-state index contributed by atoms with van der Waals surface area (Å²) in [5, 5.41) is 10.9. The predicted molar refractivity (Wildman–Crippen MR) is 83.3 cm³/mol. The zero-order valence-corrected chi connectivity index (χ0v) is 13.1. The van der Waals surface area contributed by atoms with Crippen LogP contribution < -0.4 is 10.6 Å². The molecule has 0 atom stereocenters. The van der Waals surface area contributed by atoms with E-state index < -0.39 is 0 Å². The van der Waals surface area contributed by atoms with Crippen molar-refractivity contribution in [2.45, 2.75) is 40.2 Å². The van der Waals surface area contributed by atoms with Gasteiger partial charge in [-0.1, -0.05) is 6.92 Å². The third-order valence-electron chi connectivity index (χ3n) is 3.07. The molecule has 7 nitrogen and oxygen atoms in total. The van der Waals surface area contributed by atoms with Crippen LogP contribution in [0.5, 0.6) is 0 Å². The van der Waals surface area contributed by atoms with Gasteiger partial charge in [-0.2, -0.15) is 5.10 Å². The van der Waals surface area contributed by atoms with E-state index in [-0.39, 0.29) is 0 Å². The Morgan fingerprint density at radius 3 is 2.38 bits per heavy atom. The molecular formula is C14H23N7. The zero-order chi connectivity index (χ0) is 15.2. The van der Waals surface area contributed by atoms with Gasteiger partial charge < -0.3 is 10.6 Å². The van der Waals surface area contributed by atoms with Crippen molar-refractivity contribution in [2.75, 3.05) is 17.2 Å². The van der Waals surface area contributed by atoms with Gasteiger partial charge in [-0.05, 0) is 20.3 Å². The van der Waals surface area contributed by atoms with E-state index in [1.54, 1.807) is 11.0 Å². The van der Waals surface area contributed by atoms with Crippen LogP contribution in [-0.2, 0) is 20.0 Å². The minimum Gasteiger partial charge on any atom is -0.370 e. The second kappa shape index (κ2) is 7.01. The number of aryl methyl sites for hydroxylation is 2. The summed E-state index contributed by atoms with van der Waals surface area (Å²) in [6, 6.07) is 0. The SMILES string of the molecule is CCCc1nc(NCC)c(C)c(NCc2ncn(C)n2)n1. The molecule has 114 valence electrons. The highest BCUT2D eigenvalue weighted by Crippen LogP contribution is 2.20. The second-order valence-electron chi connectivity index (χ2n) is 4.93. The minimum absolute atomic E-state index is 0.551. The summed E-state index contributed by atoms with van der Waals surface area (Å²) in [6.07, 6.45) is 3.58. The molecule has 0 amide bonds. The van der Waals surface area contributed by atoms with Crippen molar-refractivity contribution >= 4 is 11.6 Å². The van der Waals surface area contributed by atoms with E-state index in [9.17, 15) is 0 Å². The molecule has 0 aliphatic rings. The number of hydrogen-bond acceptors (Lipinski definition) is 6. The van der Waals surface area contributed by atoms with E-state index in [1.165, 1.54) is 0 Å². The lowest BCUT2D eigenvalue weighted by Gasteiger charge is -2.13. The number of anilines is 2. The van der Waals surface area contributed by atoms with Crippen molar-refractivity contribution in [3.63, 3.8) is 0 Å². The van der Waals surface area contributed by atoms with Crippen LogP contribution in [0.4, 0.5) is 11.6 Å². The summed E-state index contributed by atoms with van der Waals surface area (Å²) < 4.78 is 1.69. The molecule has 2 aromatic heterocycles. The lowest BCUT2D eigenvalue weighted by molar-refractivity contribution is 0.746. The van der Waals surface area contributed by atoms with E-state index in [1.807, 2.05) is 14.0 Å². The third-order valence-corrected chi connectivity index (χ3v) is 3.07. The van der Waals surface area contributed by atoms with Crippen LogP contribution >= 0.6 is 0 Å². The van der Waals surface area contributed by atoms with Crippen LogP contribution in [0.15, 0.2) is 6.33 Å². The van der Waals surface area contributed by atoms with E-state index in [4.69, 9.17) is 0 Å². The number of aromatic nitrogens is 5. The van der Waals surface area contributed by atoms with Crippen molar-refractivity contribution in [3.05, 3.63) is 23.5 Å². The Bertz CT molecular complexity index is 591. The fourth-order valence-electron chi connectivity index (χ4n) is 2.04. The number of hydrogen-bond donors (Lipinski definition) is 2. The largest absolute Gasteiger partial charge is 0.370 e. The van der Waals surface area contributed by atoms with Gasteiger partial charge in [-0.15, -0.1) is 0 Å². The first-order valence-electron chi connectivity index (χ1n) is 7.33. The smallest absolute Gasteiger partial charge is 0.169 e. The Labute approximate surface area is 125 Å². The van der Waals surface area contributed by atoms with Gasteiger partial charge >= 0.3 is 0 Å². The lowest BCUT2D eigenvalue weighted by Crippen LogP contribution is -2.12. The van der Waals surface area contributed by atoms with Gasteiger partial charge in [-0.25, -0.2) is 15.0 Å². The van der Waals surface area contributed by atoms with Gasteiger partial charge in [0.25, 0.3) is 0 Å². The fraction of sp³-hybridized carbons (Fsp3) is 0.571. The number of rotatable bonds is 7. The Morgan fingerprint density at radius 1 is 1.10 bits per heavy atom. The third kappa shape index (κ3) is 3.90. The van der Waals surface area contributed by atoms with Gasteiger partial charge in [0.05, 0.1) is 6.54 Å². The molecule has 2 aromatic rings. The molecule has 0 unspecified atom stereocenters. The number of nitrogens with zero attached hydrogens (tertiary/aromatic N) is 5. The van der Waals surface area contributed by atoms with Crippen LogP contribution in [0.1, 0.15) is 37.5 Å². The molecule has 21 heavy (non-hydrogen) atoms. The first-order chi connectivity index (χ1) is 10.1. The Hall–Kier alpha value is -2.18. The monoisotopic (exact) mass is 289 g/mol. The highest BCUT2D eigenvalue weighted by Gasteiger charge is 2.10. The Kier molecular flexibility index (Phi) is 5.08. The molecule has 0 aliphatic heterocycles. The molecule has 2 rings (SSSR count). The summed E-state index contributed by atoms with van der Waals surface area (Å²) in [5.74, 6) is 3.34. The van der Waals surface area contributed by atoms with Crippen LogP contribution in [0.25, 0.3) is 0 Å². The van der Waals surface area contributed by atoms with Gasteiger partial charge in [-0.3, -0.25) is 4.68 Å². The summed E-state index contributed by atoms with van der Waals surface area (Å²) in [4.78, 5) is 13.4. The maximum absolute atomic E-state index is 4.60. The van der Waals surface area contributed by atoms with E-state index in [0.717, 1.165) is 48.2 Å². The molecule has 2 heterocycles. The standard InChI is InChI=1S/C14H23N7/c1-5-7-11-18-13(15-6-2)10(3)14(19-11)16-8-12-17-9-21(4)20-12/h9H,5-8H2,1-4H3,(H2,15,16,18,19). The first kappa shape index (κ1) is 15.2. The summed E-state index contributed by atoms with van der Waals surface area (Å²) in [5.41, 5.74) is 1.02. The molecule has 0 saturated heterocycles. The summed E-state index contributed by atoms with van der Waals surface area (Å²) in [7, 11) is 1.86. The molecule has 0 aromatic carbocycles. The van der Waals surface area contributed by atoms with E-state index in [2.05, 4.69) is 44.5 Å². The first-order valence-corrected chi connectivity index (χ1v) is 7.33. The van der Waals surface area contributed by atoms with Crippen LogP contribution in [0.3, 0.4) is 0 Å². The van der Waals surface area contributed by atoms with Gasteiger partial charge in [0.1, 0.15) is 23.8 Å². The molecule has 0 bridgehead atoms. The number of nitrogens with one attached hydrogen (secondary N) is 2. The lowest BCUT2D eigenvalue weighted by atomic mass is 10.2. The van der Waals surface area contributed by atoms with Gasteiger partial charge in [0, 0.05) is 25.6 Å². The fourth-order valence-corrected chi connectivity index (χ4v) is 2.04. The molecular weight excluding hydrogens is 266 g/mol. The molecule has 7 heteroatoms. The summed E-state index contributed by atoms with van der Waals surface area (Å²) in [6.45, 7) is 7.59. The molecule has 0 aliphatic carbocycles. The van der Waals surface area contributed by atoms with Crippen molar-refractivity contribution in [1.82, 2.24) is 24.7 Å². The van der Waals surface area contributed by atoms with Gasteiger partial charge in [0.15, 0.2) is 5.82 Å². The maximum atomic E-state index is 4.60. The van der Waals surface area contributed by atoms with Crippen molar-refractivity contribution in [3.8, 4) is 0 Å². The van der Waals surface area contributed by atoms with Crippen molar-refractivity contribution in [1.29, 1.82) is 0 Å². The average molecular weight is 289 g/mol. The molecule has 0 spiro atoms. The second-order valence-corrected chi connectivity index (χ2v) is 4.93. The average Bonchev–Trinajstić information content (AvgIpc) is 2.87. The van der Waals surface area contributed by atoms with E-state index >= 15 is 0 Å². The molecule has 0 fully saturated rings. The topological polar surface area (TPSA) is 80.5 Å². The maximum Gasteiger partial charge on any atom is 0.169 e. The highest BCUT2D eigenvalue weighted by molar-refractivity contribution is 5.57. The minimum atomic E-state index is 0.551. The van der Waals surface area contributed by atoms with Crippen LogP contribution in [0.2, 0.25) is 0 Å². The predicted octanol–water partition coefficient (Wildman–Crippen LogP) is 1.91.